The first-order valence-corrected chi connectivity index (χ1v) is 10.7. The van der Waals surface area contributed by atoms with Crippen molar-refractivity contribution in [2.24, 2.45) is 5.16 Å². The maximum atomic E-state index is 12.8. The monoisotopic (exact) mass is 482 g/mol. The molecule has 0 spiro atoms. The van der Waals surface area contributed by atoms with Crippen molar-refractivity contribution < 1.29 is 39.0 Å². The molecule has 14 nitrogen and oxygen atoms in total. The third-order valence-corrected chi connectivity index (χ3v) is 5.78. The van der Waals surface area contributed by atoms with Gasteiger partial charge in [0.1, 0.15) is 17.8 Å². The van der Waals surface area contributed by atoms with Crippen molar-refractivity contribution in [2.75, 3.05) is 18.8 Å². The minimum atomic E-state index is -1.75. The number of oxime groups is 1. The zero-order valence-corrected chi connectivity index (χ0v) is 18.5. The average molecular weight is 482 g/mol. The molecule has 1 aromatic heterocycles. The smallest absolute Gasteiger partial charge is 0.350 e. The largest absolute Gasteiger partial charge is 0.480 e. The number of nitrogens with two attached hydrogens (primary N) is 1. The highest BCUT2D eigenvalue weighted by Crippen LogP contribution is 2.23. The molecular weight excluding hydrogens is 460 g/mol. The number of urea groups is 1. The fourth-order valence-electron chi connectivity index (χ4n) is 3.14. The van der Waals surface area contributed by atoms with Gasteiger partial charge in [-0.25, -0.2) is 19.4 Å². The Balaban J connectivity index is 1.69. The summed E-state index contributed by atoms with van der Waals surface area (Å²) in [4.78, 5) is 71.2. The Morgan fingerprint density at radius 2 is 2.03 bits per heavy atom. The lowest BCUT2D eigenvalue weighted by Crippen LogP contribution is -2.68. The van der Waals surface area contributed by atoms with E-state index in [1.165, 1.54) is 19.2 Å². The first kappa shape index (κ1) is 23.9. The van der Waals surface area contributed by atoms with Crippen LogP contribution in [0.25, 0.3) is 0 Å². The molecular formula is C18H22N6O8S. The summed E-state index contributed by atoms with van der Waals surface area (Å²) in [6, 6.07) is -2.80. The van der Waals surface area contributed by atoms with Crippen LogP contribution in [0.15, 0.2) is 10.5 Å². The minimum absolute atomic E-state index is 0.0114. The number of likely N-dealkylation sites (tertiary alicyclic amines) is 2. The first-order valence-electron chi connectivity index (χ1n) is 9.79. The highest BCUT2D eigenvalue weighted by Gasteiger charge is 2.47. The molecule has 0 aliphatic carbocycles. The summed E-state index contributed by atoms with van der Waals surface area (Å²) in [6.45, 7) is 2.51. The summed E-state index contributed by atoms with van der Waals surface area (Å²) in [5.74, 6) is -4.08. The van der Waals surface area contributed by atoms with E-state index >= 15 is 0 Å². The van der Waals surface area contributed by atoms with E-state index in [-0.39, 0.29) is 23.9 Å². The molecule has 33 heavy (non-hydrogen) atoms. The van der Waals surface area contributed by atoms with E-state index < -0.39 is 53.2 Å². The van der Waals surface area contributed by atoms with Crippen LogP contribution in [0, 0.1) is 0 Å². The standard InChI is InChI=1S/C18H22N6O8S/c1-18(2,15(29)30)32-22-11(9-7-33-16(19)21-9)12(25)20-8-6-24(13(8)26)17(31)23-5-3-4-10(23)14(27)28/h7-8,10H,3-6H2,1-2H3,(H2,19,21)(H,20,25)(H,27,28)(H,29,30)/t8-,10+/m0/s1. The van der Waals surface area contributed by atoms with Gasteiger partial charge in [0.2, 0.25) is 5.60 Å². The van der Waals surface area contributed by atoms with Gasteiger partial charge in [-0.15, -0.1) is 11.3 Å². The van der Waals surface area contributed by atoms with Crippen molar-refractivity contribution in [3.63, 3.8) is 0 Å². The van der Waals surface area contributed by atoms with E-state index in [1.807, 2.05) is 0 Å². The van der Waals surface area contributed by atoms with Gasteiger partial charge in [0.15, 0.2) is 10.8 Å². The average Bonchev–Trinajstić information content (AvgIpc) is 3.39. The second kappa shape index (κ2) is 9.01. The third kappa shape index (κ3) is 4.87. The van der Waals surface area contributed by atoms with Gasteiger partial charge in [-0.05, 0) is 26.7 Å². The minimum Gasteiger partial charge on any atom is -0.480 e. The van der Waals surface area contributed by atoms with Crippen LogP contribution in [-0.4, -0.2) is 91.3 Å². The zero-order chi connectivity index (χ0) is 24.5. The van der Waals surface area contributed by atoms with Gasteiger partial charge in [0.05, 0.1) is 6.54 Å². The Morgan fingerprint density at radius 3 is 2.58 bits per heavy atom. The lowest BCUT2D eigenvalue weighted by molar-refractivity contribution is -0.161. The number of β-lactam (4-membered cyclic amide) rings is 1. The van der Waals surface area contributed by atoms with Crippen LogP contribution >= 0.6 is 11.3 Å². The predicted molar refractivity (Wildman–Crippen MR) is 112 cm³/mol. The van der Waals surface area contributed by atoms with Crippen molar-refractivity contribution in [2.45, 2.75) is 44.4 Å². The van der Waals surface area contributed by atoms with E-state index in [9.17, 15) is 29.1 Å². The van der Waals surface area contributed by atoms with Crippen molar-refractivity contribution in [1.82, 2.24) is 20.1 Å². The second-order valence-corrected chi connectivity index (χ2v) is 8.75. The van der Waals surface area contributed by atoms with Gasteiger partial charge in [-0.2, -0.15) is 0 Å². The topological polar surface area (TPSA) is 205 Å². The molecule has 5 N–H and O–H groups in total. The molecule has 3 rings (SSSR count). The molecule has 2 atom stereocenters. The number of imide groups is 1. The first-order chi connectivity index (χ1) is 15.4. The molecule has 2 saturated heterocycles. The number of hydrogen-bond acceptors (Lipinski definition) is 10. The Bertz CT molecular complexity index is 1040. The maximum absolute atomic E-state index is 12.8. The number of rotatable bonds is 7. The Labute approximate surface area is 191 Å². The summed E-state index contributed by atoms with van der Waals surface area (Å²) in [6.07, 6.45) is 0.806. The second-order valence-electron chi connectivity index (χ2n) is 7.86. The van der Waals surface area contributed by atoms with Crippen LogP contribution < -0.4 is 11.1 Å². The van der Waals surface area contributed by atoms with Gasteiger partial charge in [-0.1, -0.05) is 5.16 Å². The molecule has 15 heteroatoms. The number of carboxylic acid groups (broad SMARTS) is 2. The molecule has 2 aliphatic heterocycles. The SMILES string of the molecule is CC(C)(ON=C(C(=O)N[C@H]1CN(C(=O)N2CCC[C@@H]2C(=O)O)C1=O)c1csc(N)n1)C(=O)O. The lowest BCUT2D eigenvalue weighted by atomic mass is 10.1. The summed E-state index contributed by atoms with van der Waals surface area (Å²) < 4.78 is 0. The van der Waals surface area contributed by atoms with Crippen LogP contribution in [-0.2, 0) is 24.0 Å². The quantitative estimate of drug-likeness (QED) is 0.218. The number of hydrogen-bond donors (Lipinski definition) is 4. The van der Waals surface area contributed by atoms with E-state index in [0.29, 0.717) is 12.8 Å². The molecule has 0 aromatic carbocycles. The number of carbonyl (C=O) groups excluding carboxylic acids is 3. The molecule has 0 unspecified atom stereocenters. The maximum Gasteiger partial charge on any atom is 0.350 e. The number of thiazole rings is 1. The fourth-order valence-corrected chi connectivity index (χ4v) is 3.69. The van der Waals surface area contributed by atoms with Gasteiger partial charge >= 0.3 is 18.0 Å². The number of nitrogens with one attached hydrogen (secondary N) is 1. The number of carbonyl (C=O) groups is 5. The molecule has 2 fully saturated rings. The van der Waals surface area contributed by atoms with Crippen molar-refractivity contribution >= 4 is 52.0 Å². The van der Waals surface area contributed by atoms with Crippen LogP contribution in [0.3, 0.4) is 0 Å². The predicted octanol–water partition coefficient (Wildman–Crippen LogP) is -0.695. The van der Waals surface area contributed by atoms with Crippen LogP contribution in [0.5, 0.6) is 0 Å². The van der Waals surface area contributed by atoms with E-state index in [1.54, 1.807) is 0 Å². The van der Waals surface area contributed by atoms with Crippen LogP contribution in [0.2, 0.25) is 0 Å². The lowest BCUT2D eigenvalue weighted by Gasteiger charge is -2.39. The molecule has 4 amide bonds. The highest BCUT2D eigenvalue weighted by molar-refractivity contribution is 7.13. The van der Waals surface area contributed by atoms with E-state index in [4.69, 9.17) is 15.7 Å². The number of carboxylic acids is 2. The number of amides is 4. The molecule has 3 heterocycles. The van der Waals surface area contributed by atoms with E-state index in [0.717, 1.165) is 21.1 Å². The molecule has 1 aromatic rings. The Morgan fingerprint density at radius 1 is 1.33 bits per heavy atom. The van der Waals surface area contributed by atoms with Crippen LogP contribution in [0.4, 0.5) is 9.93 Å². The number of aliphatic carboxylic acids is 2. The molecule has 2 aliphatic rings. The van der Waals surface area contributed by atoms with Crippen molar-refractivity contribution in [3.05, 3.63) is 11.1 Å². The Hall–Kier alpha value is -3.75. The fraction of sp³-hybridized carbons (Fsp3) is 0.500. The number of anilines is 1. The highest BCUT2D eigenvalue weighted by atomic mass is 32.1. The van der Waals surface area contributed by atoms with Crippen molar-refractivity contribution in [3.8, 4) is 0 Å². The van der Waals surface area contributed by atoms with Crippen molar-refractivity contribution in [1.29, 1.82) is 0 Å². The van der Waals surface area contributed by atoms with Gasteiger partial charge in [0, 0.05) is 11.9 Å². The zero-order valence-electron chi connectivity index (χ0n) is 17.7. The summed E-state index contributed by atoms with van der Waals surface area (Å²) in [5, 5.41) is 25.9. The van der Waals surface area contributed by atoms with Crippen LogP contribution in [0.1, 0.15) is 32.4 Å². The normalized spacial score (nSPS) is 20.9. The summed E-state index contributed by atoms with van der Waals surface area (Å²) in [5.41, 5.74) is 3.45. The Kier molecular flexibility index (Phi) is 6.53. The summed E-state index contributed by atoms with van der Waals surface area (Å²) >= 11 is 1.01. The number of nitrogen functional groups attached to an aromatic ring is 1. The van der Waals surface area contributed by atoms with Gasteiger partial charge < -0.3 is 31.0 Å². The van der Waals surface area contributed by atoms with E-state index in [2.05, 4.69) is 15.5 Å². The molecule has 178 valence electrons. The molecule has 0 bridgehead atoms. The van der Waals surface area contributed by atoms with Gasteiger partial charge in [-0.3, -0.25) is 14.5 Å². The summed E-state index contributed by atoms with van der Waals surface area (Å²) in [7, 11) is 0. The number of aromatic nitrogens is 1. The number of nitrogens with zero attached hydrogens (tertiary/aromatic N) is 4. The third-order valence-electron chi connectivity index (χ3n) is 5.11. The molecule has 0 radical (unpaired) electrons. The van der Waals surface area contributed by atoms with Gasteiger partial charge in [0.25, 0.3) is 11.8 Å². The molecule has 0 saturated carbocycles.